The van der Waals surface area contributed by atoms with Gasteiger partial charge < -0.3 is 25.0 Å². The molecule has 12 heteroatoms. The molecule has 0 bridgehead atoms. The number of nitrogens with one attached hydrogen (secondary N) is 2. The summed E-state index contributed by atoms with van der Waals surface area (Å²) < 4.78 is 21.9. The van der Waals surface area contributed by atoms with E-state index in [0.717, 1.165) is 29.6 Å². The van der Waals surface area contributed by atoms with Gasteiger partial charge in [-0.1, -0.05) is 13.8 Å². The number of ether oxygens (including phenoxy) is 1. The number of pyridine rings is 1. The van der Waals surface area contributed by atoms with Crippen LogP contribution >= 0.6 is 0 Å². The van der Waals surface area contributed by atoms with E-state index in [0.29, 0.717) is 49.6 Å². The first kappa shape index (κ1) is 26.9. The number of nitrogens with zero attached hydrogens (tertiary/aromatic N) is 6. The summed E-state index contributed by atoms with van der Waals surface area (Å²) >= 11 is 0. The summed E-state index contributed by atoms with van der Waals surface area (Å²) in [6.07, 6.45) is 6.41. The summed E-state index contributed by atoms with van der Waals surface area (Å²) in [6.45, 7) is 9.16. The minimum Gasteiger partial charge on any atom is -0.389 e. The number of urea groups is 1. The van der Waals surface area contributed by atoms with E-state index >= 15 is 0 Å². The lowest BCUT2D eigenvalue weighted by molar-refractivity contribution is -0.0728. The highest BCUT2D eigenvalue weighted by atomic mass is 19.1. The standard InChI is InChI=1S/C28H39FN8O3/c1-17(2)28(39)8-9-36(27(15-28)6-7-27)25(38)32-21-12-31-33-23(21)20-10-22-19(11-30-20)24(35-13-18(14-35)40-5)34-37(22)16-26(3,4)29/h10-12,17-18,39H,6-9,13-16H2,1-5H3,(H,31,33)(H,32,38)/t28-/m0/s1. The van der Waals surface area contributed by atoms with E-state index in [2.05, 4.69) is 25.4 Å². The second-order valence-corrected chi connectivity index (χ2v) is 12.7. The van der Waals surface area contributed by atoms with Crippen LogP contribution in [0.4, 0.5) is 20.7 Å². The Morgan fingerprint density at radius 3 is 2.70 bits per heavy atom. The highest BCUT2D eigenvalue weighted by Gasteiger charge is 2.58. The molecule has 5 heterocycles. The molecule has 3 aromatic heterocycles. The van der Waals surface area contributed by atoms with E-state index in [9.17, 15) is 14.3 Å². The third-order valence-corrected chi connectivity index (χ3v) is 8.88. The Hall–Kier alpha value is -3.25. The quantitative estimate of drug-likeness (QED) is 0.404. The number of fused-ring (bicyclic) bond motifs is 1. The van der Waals surface area contributed by atoms with Crippen molar-refractivity contribution in [2.24, 2.45) is 5.92 Å². The minimum atomic E-state index is -1.47. The summed E-state index contributed by atoms with van der Waals surface area (Å²) in [4.78, 5) is 22.1. The third-order valence-electron chi connectivity index (χ3n) is 8.88. The van der Waals surface area contributed by atoms with E-state index < -0.39 is 11.3 Å². The number of aromatic amines is 1. The zero-order valence-electron chi connectivity index (χ0n) is 23.9. The first-order valence-electron chi connectivity index (χ1n) is 14.1. The average molecular weight is 555 g/mol. The highest BCUT2D eigenvalue weighted by molar-refractivity contribution is 5.96. The van der Waals surface area contributed by atoms with Gasteiger partial charge in [-0.15, -0.1) is 0 Å². The van der Waals surface area contributed by atoms with Gasteiger partial charge in [-0.25, -0.2) is 9.18 Å². The van der Waals surface area contributed by atoms with Crippen LogP contribution in [-0.4, -0.2) is 90.7 Å². The number of anilines is 2. The van der Waals surface area contributed by atoms with Crippen LogP contribution in [0.2, 0.25) is 0 Å². The number of H-pyrrole nitrogens is 1. The van der Waals surface area contributed by atoms with Gasteiger partial charge >= 0.3 is 6.03 Å². The monoisotopic (exact) mass is 554 g/mol. The van der Waals surface area contributed by atoms with Crippen molar-refractivity contribution >= 4 is 28.4 Å². The number of aromatic nitrogens is 5. The molecule has 0 unspecified atom stereocenters. The molecule has 3 aliphatic rings. The number of carbonyl (C=O) groups is 1. The number of carbonyl (C=O) groups excluding carboxylic acids is 1. The molecule has 2 aliphatic heterocycles. The molecule has 0 radical (unpaired) electrons. The summed E-state index contributed by atoms with van der Waals surface area (Å²) in [6, 6.07) is 1.66. The van der Waals surface area contributed by atoms with Gasteiger partial charge in [0.2, 0.25) is 0 Å². The van der Waals surface area contributed by atoms with E-state index in [1.54, 1.807) is 24.2 Å². The minimum absolute atomic E-state index is 0.0842. The molecule has 6 rings (SSSR count). The van der Waals surface area contributed by atoms with Crippen LogP contribution in [0.3, 0.4) is 0 Å². The van der Waals surface area contributed by atoms with Gasteiger partial charge in [-0.3, -0.25) is 14.8 Å². The van der Waals surface area contributed by atoms with Gasteiger partial charge in [0.1, 0.15) is 11.4 Å². The predicted molar refractivity (Wildman–Crippen MR) is 150 cm³/mol. The summed E-state index contributed by atoms with van der Waals surface area (Å²) in [5.41, 5.74) is -0.108. The number of likely N-dealkylation sites (tertiary alicyclic amines) is 1. The number of halogens is 1. The van der Waals surface area contributed by atoms with Crippen LogP contribution in [0, 0.1) is 5.92 Å². The Morgan fingerprint density at radius 2 is 2.05 bits per heavy atom. The van der Waals surface area contributed by atoms with Gasteiger partial charge in [0.05, 0.1) is 46.7 Å². The largest absolute Gasteiger partial charge is 0.389 e. The van der Waals surface area contributed by atoms with Crippen LogP contribution in [0.15, 0.2) is 18.5 Å². The predicted octanol–water partition coefficient (Wildman–Crippen LogP) is 3.95. The van der Waals surface area contributed by atoms with Gasteiger partial charge in [0.15, 0.2) is 5.82 Å². The maximum atomic E-state index is 14.7. The molecule has 0 aromatic carbocycles. The second-order valence-electron chi connectivity index (χ2n) is 12.7. The third kappa shape index (κ3) is 4.70. The van der Waals surface area contributed by atoms with Crippen molar-refractivity contribution in [3.05, 3.63) is 18.5 Å². The Balaban J connectivity index is 1.27. The number of piperidine rings is 1. The van der Waals surface area contributed by atoms with Gasteiger partial charge in [-0.05, 0) is 51.5 Å². The summed E-state index contributed by atoms with van der Waals surface area (Å²) in [5.74, 6) is 0.891. The number of rotatable bonds is 7. The fraction of sp³-hybridized carbons (Fsp3) is 0.643. The van der Waals surface area contributed by atoms with Crippen LogP contribution in [0.5, 0.6) is 0 Å². The molecule has 2 amide bonds. The van der Waals surface area contributed by atoms with Crippen molar-refractivity contribution in [2.45, 2.75) is 82.8 Å². The number of methoxy groups -OCH3 is 1. The lowest BCUT2D eigenvalue weighted by Crippen LogP contribution is -2.57. The van der Waals surface area contributed by atoms with Gasteiger partial charge in [0, 0.05) is 38.5 Å². The molecule has 1 saturated carbocycles. The van der Waals surface area contributed by atoms with Crippen LogP contribution in [0.1, 0.15) is 53.4 Å². The molecule has 1 spiro atoms. The van der Waals surface area contributed by atoms with Crippen molar-refractivity contribution < 1.29 is 19.0 Å². The van der Waals surface area contributed by atoms with E-state index in [1.807, 2.05) is 24.8 Å². The molecule has 3 fully saturated rings. The van der Waals surface area contributed by atoms with Gasteiger partial charge in [-0.2, -0.15) is 10.2 Å². The highest BCUT2D eigenvalue weighted by Crippen LogP contribution is 2.53. The maximum absolute atomic E-state index is 14.7. The van der Waals surface area contributed by atoms with Crippen LogP contribution in [-0.2, 0) is 11.3 Å². The lowest BCUT2D eigenvalue weighted by atomic mass is 9.77. The molecule has 40 heavy (non-hydrogen) atoms. The average Bonchev–Trinajstić information content (AvgIpc) is 3.29. The molecular formula is C28H39FN8O3. The zero-order chi connectivity index (χ0) is 28.4. The smallest absolute Gasteiger partial charge is 0.322 e. The number of alkyl halides is 1. The van der Waals surface area contributed by atoms with E-state index in [1.165, 1.54) is 13.8 Å². The van der Waals surface area contributed by atoms with E-state index in [4.69, 9.17) is 9.84 Å². The lowest BCUT2D eigenvalue weighted by Gasteiger charge is -2.46. The van der Waals surface area contributed by atoms with E-state index in [-0.39, 0.29) is 30.1 Å². The normalized spacial score (nSPS) is 22.8. The number of hydrogen-bond donors (Lipinski definition) is 3. The first-order chi connectivity index (χ1) is 18.9. The van der Waals surface area contributed by atoms with Crippen LogP contribution in [0.25, 0.3) is 22.3 Å². The van der Waals surface area contributed by atoms with Crippen molar-refractivity contribution in [2.75, 3.05) is 37.0 Å². The molecule has 3 aromatic rings. The maximum Gasteiger partial charge on any atom is 0.322 e. The second kappa shape index (κ2) is 9.41. The topological polar surface area (TPSA) is 124 Å². The first-order valence-corrected chi connectivity index (χ1v) is 14.1. The van der Waals surface area contributed by atoms with Crippen LogP contribution < -0.4 is 10.2 Å². The zero-order valence-corrected chi connectivity index (χ0v) is 23.9. The van der Waals surface area contributed by atoms with Crippen molar-refractivity contribution in [1.82, 2.24) is 29.9 Å². The fourth-order valence-electron chi connectivity index (χ4n) is 6.12. The summed E-state index contributed by atoms with van der Waals surface area (Å²) in [5, 5.41) is 26.9. The molecule has 3 N–H and O–H groups in total. The fourth-order valence-corrected chi connectivity index (χ4v) is 6.12. The Kier molecular flexibility index (Phi) is 6.34. The van der Waals surface area contributed by atoms with Crippen molar-refractivity contribution in [1.29, 1.82) is 0 Å². The molecule has 216 valence electrons. The Labute approximate surface area is 233 Å². The molecule has 1 aliphatic carbocycles. The molecule has 11 nitrogen and oxygen atoms in total. The van der Waals surface area contributed by atoms with Crippen molar-refractivity contribution in [3.8, 4) is 11.4 Å². The number of aliphatic hydroxyl groups is 1. The molecule has 1 atom stereocenters. The molecular weight excluding hydrogens is 515 g/mol. The van der Waals surface area contributed by atoms with Crippen molar-refractivity contribution in [3.63, 3.8) is 0 Å². The number of amides is 2. The SMILES string of the molecule is COC1CN(c2nn(CC(C)(C)F)c3cc(-c4[nH]ncc4NC(=O)N4CC[C@@](O)(C(C)C)CC45CC5)ncc23)C1. The summed E-state index contributed by atoms with van der Waals surface area (Å²) in [7, 11) is 1.69. The number of hydrogen-bond acceptors (Lipinski definition) is 7. The molecule has 2 saturated heterocycles. The Morgan fingerprint density at radius 1 is 1.30 bits per heavy atom. The Bertz CT molecular complexity index is 1420. The van der Waals surface area contributed by atoms with Gasteiger partial charge in [0.25, 0.3) is 0 Å².